The number of aryl methyl sites for hydroxylation is 1. The van der Waals surface area contributed by atoms with Crippen molar-refractivity contribution in [3.05, 3.63) is 76.6 Å². The Morgan fingerprint density at radius 3 is 2.80 bits per heavy atom. The molecule has 3 aromatic heterocycles. The summed E-state index contributed by atoms with van der Waals surface area (Å²) in [5.74, 6) is -0.612. The molecular formula is C31H36ClFN8O3. The van der Waals surface area contributed by atoms with Crippen LogP contribution in [0.2, 0.25) is 5.02 Å². The van der Waals surface area contributed by atoms with E-state index >= 15 is 0 Å². The number of hydrogen-bond donors (Lipinski definition) is 4. The number of nitrogens with zero attached hydrogens (tertiary/aromatic N) is 4. The first kappa shape index (κ1) is 31.3. The molecule has 1 aromatic carbocycles. The van der Waals surface area contributed by atoms with Gasteiger partial charge < -0.3 is 31.6 Å². The number of ether oxygens (including phenoxy) is 2. The Balaban J connectivity index is 1.45. The van der Waals surface area contributed by atoms with Gasteiger partial charge in [0.1, 0.15) is 17.3 Å². The second kappa shape index (κ2) is 14.1. The van der Waals surface area contributed by atoms with Crippen LogP contribution >= 0.6 is 11.6 Å². The molecule has 44 heavy (non-hydrogen) atoms. The maximum absolute atomic E-state index is 13.9. The molecule has 1 amide bonds. The molecule has 0 radical (unpaired) electrons. The standard InChI is InChI=1S/C31H36ClFN8O3/c1-18-11-27(31(42)36-7-8-44-10-9-43-2)37-15-23(18)19-12-28-29(39-22-5-4-21(34)14-22)24(16-38-41(28)17-19)30(35)40-26-13-20(33)3-6-25(26)32/h3,6,11-13,15-17,21-22,39H,4-5,7-10,14,34H2,1-2H3,(H2,35,40)(H,36,42)/t21-,22+/m1/s1. The molecule has 1 fully saturated rings. The number of benzene rings is 1. The van der Waals surface area contributed by atoms with Gasteiger partial charge in [0.25, 0.3) is 5.91 Å². The summed E-state index contributed by atoms with van der Waals surface area (Å²) >= 11 is 6.26. The number of hydrogen-bond acceptors (Lipinski definition) is 8. The van der Waals surface area contributed by atoms with Crippen LogP contribution in [0.3, 0.4) is 0 Å². The van der Waals surface area contributed by atoms with Crippen LogP contribution < -0.4 is 22.1 Å². The van der Waals surface area contributed by atoms with Crippen LogP contribution in [0, 0.1) is 12.7 Å². The zero-order valence-electron chi connectivity index (χ0n) is 24.6. The molecule has 4 aromatic rings. The molecule has 0 bridgehead atoms. The monoisotopic (exact) mass is 622 g/mol. The lowest BCUT2D eigenvalue weighted by atomic mass is 10.0. The van der Waals surface area contributed by atoms with E-state index in [1.54, 1.807) is 30.1 Å². The average Bonchev–Trinajstić information content (AvgIpc) is 3.62. The summed E-state index contributed by atoms with van der Waals surface area (Å²) in [4.78, 5) is 21.5. The third-order valence-corrected chi connectivity index (χ3v) is 7.82. The highest BCUT2D eigenvalue weighted by molar-refractivity contribution is 6.33. The van der Waals surface area contributed by atoms with Crippen LogP contribution in [0.25, 0.3) is 16.6 Å². The lowest BCUT2D eigenvalue weighted by molar-refractivity contribution is 0.0692. The number of carbonyl (C=O) groups is 1. The average molecular weight is 623 g/mol. The fraction of sp³-hybridized carbons (Fsp3) is 0.355. The van der Waals surface area contributed by atoms with Gasteiger partial charge in [0.15, 0.2) is 0 Å². The zero-order chi connectivity index (χ0) is 31.2. The van der Waals surface area contributed by atoms with Crippen LogP contribution in [-0.2, 0) is 9.47 Å². The smallest absolute Gasteiger partial charge is 0.269 e. The van der Waals surface area contributed by atoms with Gasteiger partial charge in [-0.3, -0.25) is 9.78 Å². The maximum Gasteiger partial charge on any atom is 0.269 e. The SMILES string of the molecule is COCCOCCNC(=O)c1cc(C)c(-c2cc3c(N[C@H]4CC[C@@H](N)C4)c(C(N)=Nc4cc(F)ccc4Cl)cnn3c2)cn1. The van der Waals surface area contributed by atoms with Crippen molar-refractivity contribution in [3.63, 3.8) is 0 Å². The summed E-state index contributed by atoms with van der Waals surface area (Å²) in [6, 6.07) is 7.91. The lowest BCUT2D eigenvalue weighted by Crippen LogP contribution is -2.28. The van der Waals surface area contributed by atoms with Crippen LogP contribution in [0.15, 0.2) is 53.9 Å². The molecule has 3 heterocycles. The molecule has 0 spiro atoms. The molecule has 1 aliphatic rings. The molecular weight excluding hydrogens is 587 g/mol. The van der Waals surface area contributed by atoms with Gasteiger partial charge in [-0.25, -0.2) is 13.9 Å². The van der Waals surface area contributed by atoms with Gasteiger partial charge in [-0.15, -0.1) is 0 Å². The van der Waals surface area contributed by atoms with Gasteiger partial charge in [0.2, 0.25) is 0 Å². The second-order valence-electron chi connectivity index (χ2n) is 10.7. The van der Waals surface area contributed by atoms with E-state index in [2.05, 4.69) is 25.7 Å². The van der Waals surface area contributed by atoms with Crippen molar-refractivity contribution in [3.8, 4) is 11.1 Å². The van der Waals surface area contributed by atoms with Crippen molar-refractivity contribution in [2.24, 2.45) is 16.5 Å². The van der Waals surface area contributed by atoms with Crippen LogP contribution in [-0.4, -0.2) is 71.9 Å². The molecule has 2 atom stereocenters. The number of aromatic nitrogens is 3. The third kappa shape index (κ3) is 7.33. The fourth-order valence-corrected chi connectivity index (χ4v) is 5.38. The first-order valence-electron chi connectivity index (χ1n) is 14.4. The number of methoxy groups -OCH3 is 1. The summed E-state index contributed by atoms with van der Waals surface area (Å²) in [5.41, 5.74) is 17.8. The van der Waals surface area contributed by atoms with Crippen molar-refractivity contribution in [1.82, 2.24) is 19.9 Å². The van der Waals surface area contributed by atoms with E-state index in [-0.39, 0.29) is 34.5 Å². The van der Waals surface area contributed by atoms with Gasteiger partial charge in [-0.1, -0.05) is 11.6 Å². The predicted octanol–water partition coefficient (Wildman–Crippen LogP) is 4.22. The topological polar surface area (TPSA) is 154 Å². The molecule has 11 nitrogen and oxygen atoms in total. The van der Waals surface area contributed by atoms with Crippen molar-refractivity contribution in [2.45, 2.75) is 38.3 Å². The molecule has 0 aliphatic heterocycles. The molecule has 0 saturated heterocycles. The van der Waals surface area contributed by atoms with Crippen LogP contribution in [0.4, 0.5) is 15.8 Å². The molecule has 1 aliphatic carbocycles. The Bertz CT molecular complexity index is 1680. The first-order chi connectivity index (χ1) is 21.2. The Morgan fingerprint density at radius 2 is 2.05 bits per heavy atom. The van der Waals surface area contributed by atoms with Crippen molar-refractivity contribution in [1.29, 1.82) is 0 Å². The number of halogens is 2. The molecule has 1 saturated carbocycles. The zero-order valence-corrected chi connectivity index (χ0v) is 25.4. The highest BCUT2D eigenvalue weighted by Gasteiger charge is 2.25. The molecule has 0 unspecified atom stereocenters. The number of aliphatic imine (C=N–C) groups is 1. The van der Waals surface area contributed by atoms with E-state index in [9.17, 15) is 9.18 Å². The molecule has 5 rings (SSSR count). The number of nitrogens with two attached hydrogens (primary N) is 2. The van der Waals surface area contributed by atoms with E-state index in [4.69, 9.17) is 32.5 Å². The van der Waals surface area contributed by atoms with Gasteiger partial charge in [-0.05, 0) is 56.0 Å². The molecule has 232 valence electrons. The van der Waals surface area contributed by atoms with Crippen LogP contribution in [0.1, 0.15) is 40.9 Å². The minimum atomic E-state index is -0.469. The van der Waals surface area contributed by atoms with E-state index < -0.39 is 5.82 Å². The number of nitrogens with one attached hydrogen (secondary N) is 2. The van der Waals surface area contributed by atoms with E-state index in [1.807, 2.05) is 19.2 Å². The van der Waals surface area contributed by atoms with E-state index in [1.165, 1.54) is 18.2 Å². The summed E-state index contributed by atoms with van der Waals surface area (Å²) in [6.45, 7) is 3.64. The summed E-state index contributed by atoms with van der Waals surface area (Å²) in [7, 11) is 1.61. The van der Waals surface area contributed by atoms with Crippen molar-refractivity contribution < 1.29 is 18.7 Å². The fourth-order valence-electron chi connectivity index (χ4n) is 5.22. The number of amidine groups is 1. The summed E-state index contributed by atoms with van der Waals surface area (Å²) < 4.78 is 26.0. The number of rotatable bonds is 12. The Morgan fingerprint density at radius 1 is 1.20 bits per heavy atom. The quantitative estimate of drug-likeness (QED) is 0.104. The Labute approximate surface area is 259 Å². The highest BCUT2D eigenvalue weighted by atomic mass is 35.5. The minimum absolute atomic E-state index is 0.112. The maximum atomic E-state index is 13.9. The normalized spacial score (nSPS) is 16.9. The van der Waals surface area contributed by atoms with Gasteiger partial charge >= 0.3 is 0 Å². The highest BCUT2D eigenvalue weighted by Crippen LogP contribution is 2.33. The molecule has 6 N–H and O–H groups in total. The van der Waals surface area contributed by atoms with E-state index in [0.717, 1.165) is 47.2 Å². The number of pyridine rings is 1. The van der Waals surface area contributed by atoms with Gasteiger partial charge in [0, 0.05) is 55.3 Å². The Hall–Kier alpha value is -4.10. The van der Waals surface area contributed by atoms with Crippen molar-refractivity contribution in [2.75, 3.05) is 38.8 Å². The number of fused-ring (bicyclic) bond motifs is 1. The largest absolute Gasteiger partial charge is 0.383 e. The minimum Gasteiger partial charge on any atom is -0.383 e. The van der Waals surface area contributed by atoms with Gasteiger partial charge in [0.05, 0.1) is 53.5 Å². The number of amides is 1. The number of carbonyl (C=O) groups excluding carboxylic acids is 1. The van der Waals surface area contributed by atoms with Crippen LogP contribution in [0.5, 0.6) is 0 Å². The first-order valence-corrected chi connectivity index (χ1v) is 14.8. The summed E-state index contributed by atoms with van der Waals surface area (Å²) in [6.07, 6.45) is 7.82. The molecule has 13 heteroatoms. The third-order valence-electron chi connectivity index (χ3n) is 7.50. The van der Waals surface area contributed by atoms with Crippen molar-refractivity contribution >= 4 is 40.2 Å². The second-order valence-corrected chi connectivity index (χ2v) is 11.2. The number of anilines is 1. The predicted molar refractivity (Wildman–Crippen MR) is 169 cm³/mol. The Kier molecular flexibility index (Phi) is 10.1. The van der Waals surface area contributed by atoms with E-state index in [0.29, 0.717) is 37.6 Å². The lowest BCUT2D eigenvalue weighted by Gasteiger charge is -2.18. The summed E-state index contributed by atoms with van der Waals surface area (Å²) in [5, 5.41) is 11.3. The van der Waals surface area contributed by atoms with Gasteiger partial charge in [-0.2, -0.15) is 5.10 Å².